The van der Waals surface area contributed by atoms with Gasteiger partial charge in [0.25, 0.3) is 0 Å². The maximum atomic E-state index is 5.58. The summed E-state index contributed by atoms with van der Waals surface area (Å²) >= 11 is 0. The van der Waals surface area contributed by atoms with Gasteiger partial charge in [0.15, 0.2) is 11.5 Å². The van der Waals surface area contributed by atoms with Gasteiger partial charge in [0.1, 0.15) is 0 Å². The molecule has 0 aliphatic heterocycles. The van der Waals surface area contributed by atoms with Crippen LogP contribution in [0, 0.1) is 0 Å². The van der Waals surface area contributed by atoms with Crippen LogP contribution in [0.25, 0.3) is 0 Å². The van der Waals surface area contributed by atoms with E-state index in [0.29, 0.717) is 17.2 Å². The number of methoxy groups -OCH3 is 3. The van der Waals surface area contributed by atoms with Crippen LogP contribution < -0.4 is 19.5 Å². The van der Waals surface area contributed by atoms with Gasteiger partial charge in [0.05, 0.1) is 21.3 Å². The van der Waals surface area contributed by atoms with Crippen molar-refractivity contribution in [1.29, 1.82) is 0 Å². The van der Waals surface area contributed by atoms with Crippen LogP contribution >= 0.6 is 0 Å². The fraction of sp³-hybridized carbons (Fsp3) is 0.529. The van der Waals surface area contributed by atoms with E-state index in [1.807, 2.05) is 12.1 Å². The molecule has 0 saturated carbocycles. The number of ether oxygens (including phenoxy) is 3. The SMILES string of the molecule is C=C(CC)CC(NCC)c1ccc(OC)c(OC)c1OC. The Morgan fingerprint density at radius 2 is 1.76 bits per heavy atom. The summed E-state index contributed by atoms with van der Waals surface area (Å²) in [5, 5.41) is 3.49. The Balaban J connectivity index is 3.26. The predicted octanol–water partition coefficient (Wildman–Crippen LogP) is 3.72. The molecule has 0 heterocycles. The van der Waals surface area contributed by atoms with Crippen LogP contribution in [0.3, 0.4) is 0 Å². The van der Waals surface area contributed by atoms with Crippen LogP contribution in [0.15, 0.2) is 24.3 Å². The zero-order chi connectivity index (χ0) is 15.8. The van der Waals surface area contributed by atoms with E-state index >= 15 is 0 Å². The molecule has 0 spiro atoms. The van der Waals surface area contributed by atoms with Crippen molar-refractivity contribution in [2.75, 3.05) is 27.9 Å². The zero-order valence-corrected chi connectivity index (χ0v) is 13.8. The number of hydrogen-bond donors (Lipinski definition) is 1. The average molecular weight is 293 g/mol. The molecule has 0 bridgehead atoms. The first-order valence-electron chi connectivity index (χ1n) is 7.31. The highest BCUT2D eigenvalue weighted by Crippen LogP contribution is 2.43. The molecule has 0 aliphatic rings. The summed E-state index contributed by atoms with van der Waals surface area (Å²) in [6.45, 7) is 9.20. The maximum absolute atomic E-state index is 5.58. The van der Waals surface area contributed by atoms with E-state index < -0.39 is 0 Å². The monoisotopic (exact) mass is 293 g/mol. The molecule has 0 aliphatic carbocycles. The van der Waals surface area contributed by atoms with Gasteiger partial charge < -0.3 is 19.5 Å². The Hall–Kier alpha value is -1.68. The van der Waals surface area contributed by atoms with Crippen molar-refractivity contribution in [3.05, 3.63) is 29.8 Å². The van der Waals surface area contributed by atoms with E-state index in [-0.39, 0.29) is 6.04 Å². The zero-order valence-electron chi connectivity index (χ0n) is 13.8. The molecular weight excluding hydrogens is 266 g/mol. The number of rotatable bonds is 9. The van der Waals surface area contributed by atoms with E-state index in [1.165, 1.54) is 5.57 Å². The van der Waals surface area contributed by atoms with Gasteiger partial charge in [-0.3, -0.25) is 0 Å². The molecule has 4 heteroatoms. The van der Waals surface area contributed by atoms with Crippen molar-refractivity contribution in [1.82, 2.24) is 5.32 Å². The summed E-state index contributed by atoms with van der Waals surface area (Å²) in [7, 11) is 4.90. The minimum absolute atomic E-state index is 0.150. The Morgan fingerprint density at radius 3 is 2.24 bits per heavy atom. The van der Waals surface area contributed by atoms with Gasteiger partial charge in [-0.2, -0.15) is 0 Å². The van der Waals surface area contributed by atoms with Gasteiger partial charge in [-0.15, -0.1) is 0 Å². The molecule has 1 N–H and O–H groups in total. The largest absolute Gasteiger partial charge is 0.493 e. The first kappa shape index (κ1) is 17.4. The van der Waals surface area contributed by atoms with Crippen LogP contribution in [-0.2, 0) is 0 Å². The molecule has 1 aromatic rings. The first-order valence-corrected chi connectivity index (χ1v) is 7.31. The highest BCUT2D eigenvalue weighted by molar-refractivity contribution is 5.56. The van der Waals surface area contributed by atoms with E-state index in [4.69, 9.17) is 14.2 Å². The second kappa shape index (κ2) is 8.57. The van der Waals surface area contributed by atoms with Crippen LogP contribution in [0.2, 0.25) is 0 Å². The lowest BCUT2D eigenvalue weighted by atomic mass is 9.97. The molecule has 21 heavy (non-hydrogen) atoms. The standard InChI is InChI=1S/C17H27NO3/c1-7-12(3)11-14(18-8-2)13-9-10-15(19-4)17(21-6)16(13)20-5/h9-10,14,18H,3,7-8,11H2,1-2,4-6H3. The number of benzene rings is 1. The second-order valence-corrected chi connectivity index (χ2v) is 4.84. The highest BCUT2D eigenvalue weighted by atomic mass is 16.5. The molecule has 118 valence electrons. The Labute approximate surface area is 128 Å². The van der Waals surface area contributed by atoms with Crippen LogP contribution in [0.5, 0.6) is 17.2 Å². The molecule has 4 nitrogen and oxygen atoms in total. The fourth-order valence-electron chi connectivity index (χ4n) is 2.37. The van der Waals surface area contributed by atoms with Gasteiger partial charge >= 0.3 is 0 Å². The molecule has 0 fully saturated rings. The summed E-state index contributed by atoms with van der Waals surface area (Å²) in [5.41, 5.74) is 2.27. The van der Waals surface area contributed by atoms with Crippen molar-refractivity contribution in [2.24, 2.45) is 0 Å². The highest BCUT2D eigenvalue weighted by Gasteiger charge is 2.22. The lowest BCUT2D eigenvalue weighted by Crippen LogP contribution is -2.22. The van der Waals surface area contributed by atoms with Gasteiger partial charge in [0, 0.05) is 11.6 Å². The second-order valence-electron chi connectivity index (χ2n) is 4.84. The average Bonchev–Trinajstić information content (AvgIpc) is 2.52. The summed E-state index contributed by atoms with van der Waals surface area (Å²) in [5.74, 6) is 2.01. The van der Waals surface area contributed by atoms with Crippen molar-refractivity contribution in [2.45, 2.75) is 32.7 Å². The minimum atomic E-state index is 0.150. The smallest absolute Gasteiger partial charge is 0.203 e. The first-order chi connectivity index (χ1) is 10.1. The molecule has 0 aromatic heterocycles. The Bertz CT molecular complexity index is 471. The Kier molecular flexibility index (Phi) is 7.09. The van der Waals surface area contributed by atoms with E-state index in [1.54, 1.807) is 21.3 Å². The normalized spacial score (nSPS) is 11.9. The van der Waals surface area contributed by atoms with Gasteiger partial charge in [-0.25, -0.2) is 0 Å². The Morgan fingerprint density at radius 1 is 1.10 bits per heavy atom. The third-order valence-electron chi connectivity index (χ3n) is 3.55. The predicted molar refractivity (Wildman–Crippen MR) is 86.6 cm³/mol. The van der Waals surface area contributed by atoms with Crippen LogP contribution in [0.1, 0.15) is 38.3 Å². The van der Waals surface area contributed by atoms with Crippen molar-refractivity contribution in [3.63, 3.8) is 0 Å². The van der Waals surface area contributed by atoms with Crippen LogP contribution in [-0.4, -0.2) is 27.9 Å². The van der Waals surface area contributed by atoms with Crippen molar-refractivity contribution >= 4 is 0 Å². The summed E-state index contributed by atoms with van der Waals surface area (Å²) in [6.07, 6.45) is 1.84. The summed E-state index contributed by atoms with van der Waals surface area (Å²) in [4.78, 5) is 0. The molecule has 1 rings (SSSR count). The lowest BCUT2D eigenvalue weighted by molar-refractivity contribution is 0.319. The molecule has 0 saturated heterocycles. The third kappa shape index (κ3) is 4.14. The molecule has 1 atom stereocenters. The van der Waals surface area contributed by atoms with E-state index in [0.717, 1.165) is 24.9 Å². The van der Waals surface area contributed by atoms with Crippen molar-refractivity contribution < 1.29 is 14.2 Å². The molecule has 1 unspecified atom stereocenters. The van der Waals surface area contributed by atoms with Crippen molar-refractivity contribution in [3.8, 4) is 17.2 Å². The van der Waals surface area contributed by atoms with E-state index in [2.05, 4.69) is 25.7 Å². The fourth-order valence-corrected chi connectivity index (χ4v) is 2.37. The lowest BCUT2D eigenvalue weighted by Gasteiger charge is -2.23. The van der Waals surface area contributed by atoms with Gasteiger partial charge in [-0.1, -0.05) is 26.0 Å². The molecule has 1 aromatic carbocycles. The molecular formula is C17H27NO3. The maximum Gasteiger partial charge on any atom is 0.203 e. The molecule has 0 radical (unpaired) electrons. The minimum Gasteiger partial charge on any atom is -0.493 e. The summed E-state index contributed by atoms with van der Waals surface area (Å²) in [6, 6.07) is 4.09. The quantitative estimate of drug-likeness (QED) is 0.704. The third-order valence-corrected chi connectivity index (χ3v) is 3.55. The number of hydrogen-bond acceptors (Lipinski definition) is 4. The van der Waals surface area contributed by atoms with E-state index in [9.17, 15) is 0 Å². The molecule has 0 amide bonds. The van der Waals surface area contributed by atoms with Gasteiger partial charge in [0.2, 0.25) is 5.75 Å². The number of nitrogens with one attached hydrogen (secondary N) is 1. The topological polar surface area (TPSA) is 39.7 Å². The van der Waals surface area contributed by atoms with Crippen LogP contribution in [0.4, 0.5) is 0 Å². The summed E-state index contributed by atoms with van der Waals surface area (Å²) < 4.78 is 16.4. The van der Waals surface area contributed by atoms with Gasteiger partial charge in [-0.05, 0) is 31.5 Å².